The number of hydrogen-bond donors (Lipinski definition) is 0. The summed E-state index contributed by atoms with van der Waals surface area (Å²) >= 11 is 0. The maximum Gasteiger partial charge on any atom is 0.301 e. The second-order valence-corrected chi connectivity index (χ2v) is 13.5. The fourth-order valence-electron chi connectivity index (χ4n) is 9.84. The van der Waals surface area contributed by atoms with Crippen LogP contribution in [0.3, 0.4) is 0 Å². The van der Waals surface area contributed by atoms with Crippen LogP contribution in [0.2, 0.25) is 11.6 Å². The first-order valence-corrected chi connectivity index (χ1v) is 13.0. The molecular formula is C29H41BO. The summed E-state index contributed by atoms with van der Waals surface area (Å²) in [5, 5.41) is 0. The van der Waals surface area contributed by atoms with E-state index >= 15 is 0 Å². The highest BCUT2D eigenvalue weighted by atomic mass is 16.5. The second kappa shape index (κ2) is 6.31. The van der Waals surface area contributed by atoms with Gasteiger partial charge in [0.25, 0.3) is 0 Å². The van der Waals surface area contributed by atoms with E-state index in [1.807, 2.05) is 0 Å². The highest BCUT2D eigenvalue weighted by Crippen LogP contribution is 2.76. The van der Waals surface area contributed by atoms with Gasteiger partial charge in [-0.3, -0.25) is 0 Å². The Morgan fingerprint density at radius 2 is 1.61 bits per heavy atom. The van der Waals surface area contributed by atoms with Crippen LogP contribution in [0.15, 0.2) is 36.9 Å². The Labute approximate surface area is 190 Å². The topological polar surface area (TPSA) is 9.23 Å². The average molecular weight is 416 g/mol. The standard InChI is InChI=1S/C29H41BO/c1-17(19-11-9-8-10-12-19)26-29(7)24-15-21(28(24,5)6)16-25(29)30(31-26)23-14-20-13-22(18(23)2)27(20,3)4/h8-12,18,20-26H,1,13-16H2,2-7H3/t18-,20+,21+,22-,23-,24+,25-,26-,29+/m1/s1. The van der Waals surface area contributed by atoms with E-state index in [-0.39, 0.29) is 11.5 Å². The highest BCUT2D eigenvalue weighted by molar-refractivity contribution is 6.57. The van der Waals surface area contributed by atoms with Gasteiger partial charge in [-0.1, -0.05) is 91.3 Å². The molecule has 6 saturated carbocycles. The first kappa shape index (κ1) is 20.6. The number of fused-ring (bicyclic) bond motifs is 2. The summed E-state index contributed by atoms with van der Waals surface area (Å²) in [7, 11) is 0. The van der Waals surface area contributed by atoms with E-state index in [9.17, 15) is 0 Å². The summed E-state index contributed by atoms with van der Waals surface area (Å²) in [5.74, 6) is 5.64. The van der Waals surface area contributed by atoms with E-state index in [1.165, 1.54) is 36.8 Å². The molecule has 0 aromatic heterocycles. The van der Waals surface area contributed by atoms with Gasteiger partial charge in [0, 0.05) is 0 Å². The third-order valence-electron chi connectivity index (χ3n) is 12.1. The van der Waals surface area contributed by atoms with Gasteiger partial charge in [0.2, 0.25) is 0 Å². The quantitative estimate of drug-likeness (QED) is 0.461. The zero-order chi connectivity index (χ0) is 21.9. The monoisotopic (exact) mass is 416 g/mol. The predicted octanol–water partition coefficient (Wildman–Crippen LogP) is 7.60. The molecule has 1 heterocycles. The van der Waals surface area contributed by atoms with Gasteiger partial charge < -0.3 is 4.65 Å². The molecule has 9 atom stereocenters. The molecule has 0 unspecified atom stereocenters. The Morgan fingerprint density at radius 1 is 0.935 bits per heavy atom. The summed E-state index contributed by atoms with van der Waals surface area (Å²) in [6.45, 7) is 20.3. The molecule has 1 aromatic carbocycles. The zero-order valence-electron chi connectivity index (χ0n) is 20.5. The third kappa shape index (κ3) is 2.44. The largest absolute Gasteiger partial charge is 0.428 e. The Kier molecular flexibility index (Phi) is 4.19. The molecular weight excluding hydrogens is 375 g/mol. The Bertz CT molecular complexity index is 903. The number of benzene rings is 1. The normalized spacial score (nSPS) is 48.4. The molecule has 1 nitrogen and oxygen atoms in total. The van der Waals surface area contributed by atoms with Gasteiger partial charge in [-0.05, 0) is 81.4 Å². The molecule has 0 N–H and O–H groups in total. The van der Waals surface area contributed by atoms with Gasteiger partial charge in [0.15, 0.2) is 0 Å². The first-order valence-electron chi connectivity index (χ1n) is 13.0. The van der Waals surface area contributed by atoms with Crippen molar-refractivity contribution < 1.29 is 4.65 Å². The maximum absolute atomic E-state index is 7.27. The molecule has 7 fully saturated rings. The van der Waals surface area contributed by atoms with Crippen LogP contribution >= 0.6 is 0 Å². The van der Waals surface area contributed by atoms with Crippen molar-refractivity contribution in [3.05, 3.63) is 42.5 Å². The molecule has 8 rings (SSSR count). The van der Waals surface area contributed by atoms with Crippen molar-refractivity contribution in [1.82, 2.24) is 0 Å². The molecule has 7 aliphatic rings. The van der Waals surface area contributed by atoms with Gasteiger partial charge >= 0.3 is 6.92 Å². The zero-order valence-corrected chi connectivity index (χ0v) is 20.5. The van der Waals surface area contributed by atoms with Crippen molar-refractivity contribution in [3.63, 3.8) is 0 Å². The van der Waals surface area contributed by atoms with Crippen LogP contribution in [0, 0.1) is 45.8 Å². The van der Waals surface area contributed by atoms with Gasteiger partial charge in [-0.25, -0.2) is 0 Å². The lowest BCUT2D eigenvalue weighted by Crippen LogP contribution is -2.62. The van der Waals surface area contributed by atoms with Crippen LogP contribution in [-0.2, 0) is 4.65 Å². The molecule has 6 aliphatic carbocycles. The molecule has 0 amide bonds. The van der Waals surface area contributed by atoms with E-state index < -0.39 is 0 Å². The molecule has 1 aliphatic heterocycles. The highest BCUT2D eigenvalue weighted by Gasteiger charge is 2.73. The first-order chi connectivity index (χ1) is 14.6. The van der Waals surface area contributed by atoms with Crippen molar-refractivity contribution in [3.8, 4) is 0 Å². The second-order valence-electron chi connectivity index (χ2n) is 13.5. The molecule has 2 heteroatoms. The predicted molar refractivity (Wildman–Crippen MR) is 131 cm³/mol. The SMILES string of the molecule is C=C(c1ccccc1)[C@H]1OB([C@@H]2C[C@@H]3C[C@H]([C@H]2C)C3(C)C)[C@@H]2C[C@@H]3C[C@@H](C3(C)C)[C@]12C. The van der Waals surface area contributed by atoms with Crippen LogP contribution in [0.1, 0.15) is 72.8 Å². The van der Waals surface area contributed by atoms with E-state index in [0.29, 0.717) is 23.6 Å². The van der Waals surface area contributed by atoms with Crippen LogP contribution in [0.5, 0.6) is 0 Å². The van der Waals surface area contributed by atoms with E-state index in [4.69, 9.17) is 4.65 Å². The minimum atomic E-state index is 0.161. The Hall–Kier alpha value is -1.02. The van der Waals surface area contributed by atoms with Crippen molar-refractivity contribution >= 4 is 12.5 Å². The van der Waals surface area contributed by atoms with Crippen LogP contribution < -0.4 is 0 Å². The maximum atomic E-state index is 7.27. The molecule has 1 aromatic rings. The van der Waals surface area contributed by atoms with E-state index in [0.717, 1.165) is 35.4 Å². The van der Waals surface area contributed by atoms with Crippen LogP contribution in [-0.4, -0.2) is 13.0 Å². The average Bonchev–Trinajstić information content (AvgIpc) is 3.06. The summed E-state index contributed by atoms with van der Waals surface area (Å²) in [5.41, 5.74) is 3.70. The lowest BCUT2D eigenvalue weighted by atomic mass is 9.26. The lowest BCUT2D eigenvalue weighted by Gasteiger charge is -2.67. The number of hydrogen-bond acceptors (Lipinski definition) is 1. The van der Waals surface area contributed by atoms with Crippen molar-refractivity contribution in [2.45, 2.75) is 85.0 Å². The molecule has 166 valence electrons. The molecule has 1 saturated heterocycles. The van der Waals surface area contributed by atoms with Crippen molar-refractivity contribution in [2.24, 2.45) is 45.8 Å². The smallest absolute Gasteiger partial charge is 0.301 e. The third-order valence-corrected chi connectivity index (χ3v) is 12.1. The molecule has 0 spiro atoms. The number of rotatable bonds is 3. The van der Waals surface area contributed by atoms with Crippen molar-refractivity contribution in [2.75, 3.05) is 0 Å². The van der Waals surface area contributed by atoms with Gasteiger partial charge in [-0.15, -0.1) is 0 Å². The van der Waals surface area contributed by atoms with E-state index in [1.54, 1.807) is 0 Å². The molecule has 4 bridgehead atoms. The summed E-state index contributed by atoms with van der Waals surface area (Å²) in [4.78, 5) is 0. The fourth-order valence-corrected chi connectivity index (χ4v) is 9.84. The Balaban J connectivity index is 1.37. The summed E-state index contributed by atoms with van der Waals surface area (Å²) < 4.78 is 7.27. The Morgan fingerprint density at radius 3 is 2.23 bits per heavy atom. The van der Waals surface area contributed by atoms with Gasteiger partial charge in [0.1, 0.15) is 0 Å². The summed E-state index contributed by atoms with van der Waals surface area (Å²) in [6, 6.07) is 10.9. The molecule has 0 radical (unpaired) electrons. The summed E-state index contributed by atoms with van der Waals surface area (Å²) in [6.07, 6.45) is 5.76. The van der Waals surface area contributed by atoms with Gasteiger partial charge in [0.05, 0.1) is 6.10 Å². The van der Waals surface area contributed by atoms with Crippen LogP contribution in [0.4, 0.5) is 0 Å². The van der Waals surface area contributed by atoms with Gasteiger partial charge in [-0.2, -0.15) is 0 Å². The molecule has 31 heavy (non-hydrogen) atoms. The minimum Gasteiger partial charge on any atom is -0.428 e. The van der Waals surface area contributed by atoms with Crippen molar-refractivity contribution in [1.29, 1.82) is 0 Å². The van der Waals surface area contributed by atoms with E-state index in [2.05, 4.69) is 78.5 Å². The lowest BCUT2D eigenvalue weighted by molar-refractivity contribution is -0.158. The fraction of sp³-hybridized carbons (Fsp3) is 0.724. The van der Waals surface area contributed by atoms with Crippen LogP contribution in [0.25, 0.3) is 5.57 Å². The minimum absolute atomic E-state index is 0.161.